The van der Waals surface area contributed by atoms with Gasteiger partial charge in [-0.3, -0.25) is 0 Å². The Morgan fingerprint density at radius 3 is 2.28 bits per heavy atom. The molecule has 0 aliphatic rings. The molecule has 0 bridgehead atoms. The number of carbonyl (C=O) groups excluding carboxylic acids is 1. The molecule has 0 radical (unpaired) electrons. The summed E-state index contributed by atoms with van der Waals surface area (Å²) in [6.07, 6.45) is 7.51. The molecule has 7 heteroatoms. The number of ether oxygens (including phenoxy) is 1. The lowest BCUT2D eigenvalue weighted by Crippen LogP contribution is -2.02. The Bertz CT molecular complexity index is 300. The number of carbonyl (C=O) groups is 1. The van der Waals surface area contributed by atoms with Gasteiger partial charge in [-0.05, 0) is 31.6 Å². The minimum Gasteiger partial charge on any atom is -0.463 e. The van der Waals surface area contributed by atoms with Crippen molar-refractivity contribution in [3.05, 3.63) is 12.2 Å². The van der Waals surface area contributed by atoms with Crippen molar-refractivity contribution < 1.29 is 23.8 Å². The van der Waals surface area contributed by atoms with Gasteiger partial charge >= 0.3 is 12.7 Å². The number of esters is 1. The first-order valence-corrected chi connectivity index (χ1v) is 8.58. The predicted molar refractivity (Wildman–Crippen MR) is 73.5 cm³/mol. The Morgan fingerprint density at radius 2 is 1.72 bits per heavy atom. The molecule has 0 fully saturated rings. The van der Waals surface area contributed by atoms with Crippen LogP contribution in [0.3, 0.4) is 0 Å². The van der Waals surface area contributed by atoms with E-state index in [4.69, 9.17) is 14.5 Å². The molecule has 0 spiro atoms. The summed E-state index contributed by atoms with van der Waals surface area (Å²) in [6, 6.07) is 0. The molecule has 0 saturated carbocycles. The zero-order chi connectivity index (χ0) is 13.9. The fourth-order valence-corrected chi connectivity index (χ4v) is 1.87. The number of unbranched alkanes of at least 4 members (excludes halogenated alkanes) is 4. The highest BCUT2D eigenvalue weighted by atomic mass is 32.5. The van der Waals surface area contributed by atoms with E-state index in [2.05, 4.69) is 16.3 Å². The molecule has 2 N–H and O–H groups in total. The molecule has 0 aliphatic carbocycles. The predicted octanol–water partition coefficient (Wildman–Crippen LogP) is 2.28. The van der Waals surface area contributed by atoms with E-state index in [0.717, 1.165) is 32.1 Å². The van der Waals surface area contributed by atoms with Crippen LogP contribution in [0.25, 0.3) is 0 Å². The molecule has 0 unspecified atom stereocenters. The fraction of sp³-hybridized carbons (Fsp3) is 0.727. The zero-order valence-electron chi connectivity index (χ0n) is 10.6. The average molecular weight is 296 g/mol. The molecule has 0 amide bonds. The fourth-order valence-electron chi connectivity index (χ4n) is 1.27. The van der Waals surface area contributed by atoms with Crippen LogP contribution in [0.5, 0.6) is 0 Å². The molecule has 0 aromatic carbocycles. The minimum atomic E-state index is -3.48. The summed E-state index contributed by atoms with van der Waals surface area (Å²) in [6.45, 7) is -0.998. The van der Waals surface area contributed by atoms with Gasteiger partial charge in [0.1, 0.15) is 0 Å². The molecule has 0 saturated heterocycles. The van der Waals surface area contributed by atoms with Crippen LogP contribution in [-0.4, -0.2) is 29.0 Å². The average Bonchev–Trinajstić information content (AvgIpc) is 2.25. The third-order valence-electron chi connectivity index (χ3n) is 2.10. The first kappa shape index (κ1) is 17.7. The van der Waals surface area contributed by atoms with Gasteiger partial charge in [-0.2, -0.15) is 0 Å². The minimum absolute atomic E-state index is 0.278. The lowest BCUT2D eigenvalue weighted by molar-refractivity contribution is -0.137. The Hall–Kier alpha value is -0.260. The number of hydrogen-bond acceptors (Lipinski definition) is 4. The number of rotatable bonds is 10. The second-order valence-corrected chi connectivity index (χ2v) is 6.43. The van der Waals surface area contributed by atoms with Crippen LogP contribution in [0, 0.1) is 0 Å². The molecule has 0 rings (SSSR count). The number of hydrogen-bond donors (Lipinski definition) is 2. The first-order valence-electron chi connectivity index (χ1n) is 5.95. The van der Waals surface area contributed by atoms with Crippen molar-refractivity contribution in [2.45, 2.75) is 39.0 Å². The zero-order valence-corrected chi connectivity index (χ0v) is 12.3. The molecule has 106 valence electrons. The van der Waals surface area contributed by atoms with E-state index in [9.17, 15) is 4.79 Å². The molecular formula is C11H21O5PS. The highest BCUT2D eigenvalue weighted by molar-refractivity contribution is 8.06. The van der Waals surface area contributed by atoms with Crippen molar-refractivity contribution in [3.63, 3.8) is 0 Å². The van der Waals surface area contributed by atoms with E-state index in [1.54, 1.807) is 13.0 Å². The van der Waals surface area contributed by atoms with Crippen molar-refractivity contribution in [1.29, 1.82) is 0 Å². The summed E-state index contributed by atoms with van der Waals surface area (Å²) in [5.41, 5.74) is 0. The molecule has 0 aromatic heterocycles. The van der Waals surface area contributed by atoms with E-state index < -0.39 is 6.72 Å². The van der Waals surface area contributed by atoms with Gasteiger partial charge in [0, 0.05) is 6.08 Å². The smallest absolute Gasteiger partial charge is 0.330 e. The topological polar surface area (TPSA) is 76.0 Å². The van der Waals surface area contributed by atoms with Gasteiger partial charge < -0.3 is 19.0 Å². The van der Waals surface area contributed by atoms with Gasteiger partial charge in [-0.25, -0.2) is 4.79 Å². The third-order valence-corrected chi connectivity index (χ3v) is 2.93. The normalized spacial score (nSPS) is 11.9. The summed E-state index contributed by atoms with van der Waals surface area (Å²) in [5, 5.41) is 0. The van der Waals surface area contributed by atoms with Gasteiger partial charge in [0.2, 0.25) is 0 Å². The van der Waals surface area contributed by atoms with Gasteiger partial charge in [0.25, 0.3) is 0 Å². The highest BCUT2D eigenvalue weighted by Gasteiger charge is 2.06. The van der Waals surface area contributed by atoms with Crippen molar-refractivity contribution in [2.24, 2.45) is 0 Å². The van der Waals surface area contributed by atoms with Crippen LogP contribution >= 0.6 is 6.72 Å². The van der Waals surface area contributed by atoms with E-state index in [0.29, 0.717) is 6.61 Å². The molecule has 0 heterocycles. The quantitative estimate of drug-likeness (QED) is 0.279. The molecule has 18 heavy (non-hydrogen) atoms. The largest absolute Gasteiger partial charge is 0.463 e. The maximum atomic E-state index is 10.9. The second kappa shape index (κ2) is 10.6. The van der Waals surface area contributed by atoms with Crippen LogP contribution in [0.1, 0.15) is 39.0 Å². The van der Waals surface area contributed by atoms with E-state index in [1.807, 2.05) is 0 Å². The summed E-state index contributed by atoms with van der Waals surface area (Å²) in [4.78, 5) is 28.5. The summed E-state index contributed by atoms with van der Waals surface area (Å²) in [7, 11) is 0. The van der Waals surface area contributed by atoms with Crippen LogP contribution in [-0.2, 0) is 25.9 Å². The summed E-state index contributed by atoms with van der Waals surface area (Å²) in [5.74, 6) is -0.303. The van der Waals surface area contributed by atoms with E-state index >= 15 is 0 Å². The maximum absolute atomic E-state index is 10.9. The van der Waals surface area contributed by atoms with Crippen LogP contribution in [0.4, 0.5) is 0 Å². The molecular weight excluding hydrogens is 275 g/mol. The second-order valence-electron chi connectivity index (χ2n) is 3.76. The first-order chi connectivity index (χ1) is 8.45. The van der Waals surface area contributed by atoms with Crippen LogP contribution in [0.15, 0.2) is 12.2 Å². The van der Waals surface area contributed by atoms with Crippen molar-refractivity contribution >= 4 is 24.5 Å². The Morgan fingerprint density at radius 1 is 1.17 bits per heavy atom. The maximum Gasteiger partial charge on any atom is 0.330 e. The molecule has 0 aromatic rings. The van der Waals surface area contributed by atoms with Gasteiger partial charge in [-0.15, -0.1) is 0 Å². The highest BCUT2D eigenvalue weighted by Crippen LogP contribution is 2.36. The Balaban J connectivity index is 3.22. The van der Waals surface area contributed by atoms with Crippen LogP contribution < -0.4 is 0 Å². The number of allylic oxidation sites excluding steroid dienone is 1. The summed E-state index contributed by atoms with van der Waals surface area (Å²) < 4.78 is 9.60. The summed E-state index contributed by atoms with van der Waals surface area (Å²) >= 11 is 4.31. The van der Waals surface area contributed by atoms with E-state index in [1.165, 1.54) is 6.08 Å². The third kappa shape index (κ3) is 13.8. The van der Waals surface area contributed by atoms with Crippen LogP contribution in [0.2, 0.25) is 0 Å². The van der Waals surface area contributed by atoms with E-state index in [-0.39, 0.29) is 12.6 Å². The Labute approximate surface area is 113 Å². The lowest BCUT2D eigenvalue weighted by Gasteiger charge is -2.07. The van der Waals surface area contributed by atoms with Crippen molar-refractivity contribution in [2.75, 3.05) is 13.2 Å². The van der Waals surface area contributed by atoms with Gasteiger partial charge in [0.05, 0.1) is 13.2 Å². The monoisotopic (exact) mass is 296 g/mol. The Kier molecular flexibility index (Phi) is 10.5. The molecule has 5 nitrogen and oxygen atoms in total. The van der Waals surface area contributed by atoms with Crippen molar-refractivity contribution in [1.82, 2.24) is 0 Å². The molecule has 0 aliphatic heterocycles. The lowest BCUT2D eigenvalue weighted by atomic mass is 10.1. The molecule has 0 atom stereocenters. The SMILES string of the molecule is CC=CC(=O)OCCCCCCCOP(O)(O)=S. The van der Waals surface area contributed by atoms with Crippen molar-refractivity contribution in [3.8, 4) is 0 Å². The van der Waals surface area contributed by atoms with Gasteiger partial charge in [0.15, 0.2) is 0 Å². The van der Waals surface area contributed by atoms with Gasteiger partial charge in [-0.1, -0.05) is 25.3 Å². The standard InChI is InChI=1S/C11H21O5PS/c1-2-8-11(12)15-9-6-4-3-5-7-10-16-17(13,14)18/h2,8H,3-7,9-10H2,1H3,(H2,13,14,18).